The Labute approximate surface area is 245 Å². The molecule has 1 aromatic rings. The van der Waals surface area contributed by atoms with Gasteiger partial charge in [-0.15, -0.1) is 0 Å². The first kappa shape index (κ1) is 35.8. The molecule has 0 fully saturated rings. The van der Waals surface area contributed by atoms with Crippen LogP contribution in [-0.2, 0) is 19.9 Å². The van der Waals surface area contributed by atoms with Gasteiger partial charge in [-0.05, 0) is 25.0 Å². The number of hydrogen-bond acceptors (Lipinski definition) is 8. The summed E-state index contributed by atoms with van der Waals surface area (Å²) in [4.78, 5) is 24.7. The number of hydrogen-bond donors (Lipinski definition) is 0. The third-order valence-corrected chi connectivity index (χ3v) is 4.83. The maximum atomic E-state index is 12.4. The van der Waals surface area contributed by atoms with E-state index in [2.05, 4.69) is 13.8 Å². The molecule has 0 aliphatic rings. The Kier molecular flexibility index (Phi) is 24.2. The van der Waals surface area contributed by atoms with Crippen LogP contribution in [0.1, 0.15) is 112 Å². The molecule has 8 nitrogen and oxygen atoms in total. The zero-order chi connectivity index (χ0) is 25.0. The van der Waals surface area contributed by atoms with Crippen LogP contribution in [0.15, 0.2) is 24.3 Å². The van der Waals surface area contributed by atoms with Gasteiger partial charge in [0.2, 0.25) is 0 Å². The molecule has 10 heteroatoms. The summed E-state index contributed by atoms with van der Waals surface area (Å²) in [5.41, 5.74) is 0.586. The third-order valence-electron chi connectivity index (χ3n) is 4.83. The molecule has 0 aliphatic heterocycles. The van der Waals surface area contributed by atoms with E-state index in [0.29, 0.717) is 24.3 Å². The maximum Gasteiger partial charge on any atom is 2.00 e. The van der Waals surface area contributed by atoms with Gasteiger partial charge in [-0.1, -0.05) is 90.2 Å². The van der Waals surface area contributed by atoms with Crippen LogP contribution in [0, 0.1) is 0 Å². The fraction of sp³-hybridized carbons (Fsp3) is 0.667. The molecule has 0 spiro atoms. The number of ether oxygens (including phenoxy) is 2. The van der Waals surface area contributed by atoms with Crippen LogP contribution in [0.4, 0.5) is 0 Å². The van der Waals surface area contributed by atoms with Crippen molar-refractivity contribution < 1.29 is 36.6 Å². The molecule has 0 saturated heterocycles. The second kappa shape index (κ2) is 23.0. The van der Waals surface area contributed by atoms with Gasteiger partial charge < -0.3 is 18.6 Å². The molecular formula is C24H38BaO8S. The topological polar surface area (TPSA) is 133 Å². The molecule has 0 atom stereocenters. The van der Waals surface area contributed by atoms with Crippen LogP contribution in [0.5, 0.6) is 0 Å². The van der Waals surface area contributed by atoms with Gasteiger partial charge in [0.25, 0.3) is 0 Å². The molecule has 0 aliphatic carbocycles. The summed E-state index contributed by atoms with van der Waals surface area (Å²) in [7, 11) is -5.17. The molecule has 0 bridgehead atoms. The molecule has 0 N–H and O–H groups in total. The van der Waals surface area contributed by atoms with Crippen LogP contribution >= 0.6 is 0 Å². The van der Waals surface area contributed by atoms with E-state index in [0.717, 1.165) is 25.7 Å². The predicted molar refractivity (Wildman–Crippen MR) is 130 cm³/mol. The Morgan fingerprint density at radius 2 is 0.971 bits per heavy atom. The number of carbonyl (C=O) groups excluding carboxylic acids is 2. The molecule has 190 valence electrons. The van der Waals surface area contributed by atoms with Gasteiger partial charge in [0.15, 0.2) is 0 Å². The van der Waals surface area contributed by atoms with Gasteiger partial charge in [-0.25, -0.2) is 9.59 Å². The minimum Gasteiger partial charge on any atom is -0.759 e. The average Bonchev–Trinajstić information content (AvgIpc) is 2.76. The summed E-state index contributed by atoms with van der Waals surface area (Å²) in [6, 6.07) is 6.74. The van der Waals surface area contributed by atoms with Gasteiger partial charge in [0.1, 0.15) is 0 Å². The largest absolute Gasteiger partial charge is 2.00 e. The minimum absolute atomic E-state index is 0. The summed E-state index contributed by atoms with van der Waals surface area (Å²) in [6.45, 7) is 5.17. The summed E-state index contributed by atoms with van der Waals surface area (Å²) < 4.78 is 44.8. The summed E-state index contributed by atoms with van der Waals surface area (Å²) >= 11 is 0. The molecule has 0 heterocycles. The van der Waals surface area contributed by atoms with Crippen molar-refractivity contribution in [1.82, 2.24) is 0 Å². The first-order valence-electron chi connectivity index (χ1n) is 11.8. The van der Waals surface area contributed by atoms with E-state index in [9.17, 15) is 9.59 Å². The standard InChI is InChI=1S/C24H38O4.Ba.H2O4S/c1-3-5-7-9-11-15-19-27-23(25)21-17-13-14-18-22(21)24(26)28-20-16-12-10-8-6-4-2;;1-5(2,3)4/h13-14,17-18H,3-12,15-16,19-20H2,1-2H3;;(H2,1,2,3,4)/q;+2;/p-2. The number of rotatable bonds is 16. The monoisotopic (exact) mass is 624 g/mol. The Bertz CT molecular complexity index is 711. The van der Waals surface area contributed by atoms with Crippen LogP contribution < -0.4 is 0 Å². The number of esters is 2. The number of unbranched alkanes of at least 4 members (excludes halogenated alkanes) is 10. The molecule has 0 saturated carbocycles. The van der Waals surface area contributed by atoms with Crippen molar-refractivity contribution in [2.24, 2.45) is 0 Å². The van der Waals surface area contributed by atoms with Crippen molar-refractivity contribution in [3.8, 4) is 0 Å². The zero-order valence-corrected chi connectivity index (χ0v) is 25.8. The molecule has 34 heavy (non-hydrogen) atoms. The average molecular weight is 624 g/mol. The molecular weight excluding hydrogens is 586 g/mol. The summed E-state index contributed by atoms with van der Waals surface area (Å²) in [5.74, 6) is -0.888. The quantitative estimate of drug-likeness (QED) is 0.0826. The van der Waals surface area contributed by atoms with E-state index < -0.39 is 22.3 Å². The van der Waals surface area contributed by atoms with E-state index in [4.69, 9.17) is 27.0 Å². The second-order valence-corrected chi connectivity index (χ2v) is 8.58. The zero-order valence-electron chi connectivity index (χ0n) is 20.6. The summed E-state index contributed by atoms with van der Waals surface area (Å²) in [6.07, 6.45) is 13.6. The molecule has 0 aromatic heterocycles. The molecule has 1 rings (SSSR count). The molecule has 1 aromatic carbocycles. The number of carbonyl (C=O) groups is 2. The Hall–Kier alpha value is -0.399. The Morgan fingerprint density at radius 1 is 0.676 bits per heavy atom. The molecule has 0 unspecified atom stereocenters. The van der Waals surface area contributed by atoms with Crippen molar-refractivity contribution in [2.45, 2.75) is 90.9 Å². The van der Waals surface area contributed by atoms with Crippen molar-refractivity contribution in [3.05, 3.63) is 35.4 Å². The van der Waals surface area contributed by atoms with Crippen LogP contribution in [0.3, 0.4) is 0 Å². The van der Waals surface area contributed by atoms with Gasteiger partial charge in [-0.3, -0.25) is 8.42 Å². The van der Waals surface area contributed by atoms with E-state index in [1.54, 1.807) is 24.3 Å². The summed E-state index contributed by atoms with van der Waals surface area (Å²) in [5, 5.41) is 0. The predicted octanol–water partition coefficient (Wildman–Crippen LogP) is 5.00. The van der Waals surface area contributed by atoms with Crippen LogP contribution in [0.25, 0.3) is 0 Å². The normalized spacial score (nSPS) is 10.5. The van der Waals surface area contributed by atoms with Gasteiger partial charge in [0.05, 0.1) is 24.3 Å². The SMILES string of the molecule is CCCCCCCCOC(=O)c1ccccc1C(=O)OCCCCCCCC.O=S(=O)([O-])[O-].[Ba+2]. The van der Waals surface area contributed by atoms with Crippen molar-refractivity contribution in [1.29, 1.82) is 0 Å². The Morgan fingerprint density at radius 3 is 1.29 bits per heavy atom. The fourth-order valence-electron chi connectivity index (χ4n) is 3.09. The first-order chi connectivity index (χ1) is 15.7. The minimum atomic E-state index is -5.17. The number of benzene rings is 1. The third kappa shape index (κ3) is 22.1. The second-order valence-electron chi connectivity index (χ2n) is 7.76. The van der Waals surface area contributed by atoms with Crippen LogP contribution in [-0.4, -0.2) is 91.6 Å². The van der Waals surface area contributed by atoms with Crippen molar-refractivity contribution in [2.75, 3.05) is 13.2 Å². The van der Waals surface area contributed by atoms with Crippen molar-refractivity contribution in [3.63, 3.8) is 0 Å². The van der Waals surface area contributed by atoms with E-state index >= 15 is 0 Å². The molecule has 0 radical (unpaired) electrons. The first-order valence-corrected chi connectivity index (χ1v) is 13.1. The molecule has 0 amide bonds. The van der Waals surface area contributed by atoms with Crippen molar-refractivity contribution >= 4 is 71.2 Å². The van der Waals surface area contributed by atoms with Gasteiger partial charge in [-0.2, -0.15) is 0 Å². The van der Waals surface area contributed by atoms with Gasteiger partial charge in [0, 0.05) is 10.4 Å². The maximum absolute atomic E-state index is 12.4. The smallest absolute Gasteiger partial charge is 0.759 e. The van der Waals surface area contributed by atoms with Gasteiger partial charge >= 0.3 is 60.8 Å². The fourth-order valence-corrected chi connectivity index (χ4v) is 3.09. The Balaban J connectivity index is 0. The van der Waals surface area contributed by atoms with E-state index in [1.165, 1.54) is 51.4 Å². The van der Waals surface area contributed by atoms with E-state index in [-0.39, 0.29) is 48.9 Å². The van der Waals surface area contributed by atoms with Crippen LogP contribution in [0.2, 0.25) is 0 Å². The van der Waals surface area contributed by atoms with E-state index in [1.807, 2.05) is 0 Å².